The van der Waals surface area contributed by atoms with E-state index in [1.54, 1.807) is 0 Å². The molecule has 2 N–H and O–H groups in total. The van der Waals surface area contributed by atoms with Crippen LogP contribution in [0.25, 0.3) is 0 Å². The number of ether oxygens (including phenoxy) is 1. The van der Waals surface area contributed by atoms with Gasteiger partial charge in [-0.1, -0.05) is 61.3 Å². The number of likely N-dealkylation sites (tertiary alicyclic amines) is 2. The Hall–Kier alpha value is -2.86. The lowest BCUT2D eigenvalue weighted by Crippen LogP contribution is -2.58. The molecule has 0 unspecified atom stereocenters. The summed E-state index contributed by atoms with van der Waals surface area (Å²) >= 11 is 12.7. The van der Waals surface area contributed by atoms with Crippen LogP contribution in [0.3, 0.4) is 0 Å². The first-order chi connectivity index (χ1) is 20.6. The summed E-state index contributed by atoms with van der Waals surface area (Å²) in [5.74, 6) is -3.95. The molecule has 5 rings (SSSR count). The molecule has 3 heterocycles. The molecular weight excluding hydrogens is 624 g/mol. The summed E-state index contributed by atoms with van der Waals surface area (Å²) in [6.07, 6.45) is -2.82. The van der Waals surface area contributed by atoms with Gasteiger partial charge in [-0.15, -0.1) is 0 Å². The molecule has 2 aromatic carbocycles. The molecule has 3 aliphatic rings. The number of alkyl halides is 3. The number of benzene rings is 2. The van der Waals surface area contributed by atoms with Crippen molar-refractivity contribution in [3.8, 4) is 0 Å². The van der Waals surface area contributed by atoms with Gasteiger partial charge in [0.2, 0.25) is 5.91 Å². The molecule has 3 aliphatic heterocycles. The Labute approximate surface area is 263 Å². The van der Waals surface area contributed by atoms with Gasteiger partial charge in [-0.25, -0.2) is 4.79 Å². The first kappa shape index (κ1) is 34.0. The second-order valence-corrected chi connectivity index (χ2v) is 12.7. The molecule has 0 radical (unpaired) electrons. The fourth-order valence-electron chi connectivity index (χ4n) is 6.67. The van der Waals surface area contributed by atoms with Gasteiger partial charge < -0.3 is 19.8 Å². The van der Waals surface area contributed by atoms with Gasteiger partial charge in [0.15, 0.2) is 0 Å². The Balaban J connectivity index is 0.000000566. The van der Waals surface area contributed by atoms with E-state index in [1.165, 1.54) is 0 Å². The number of halogens is 5. The summed E-state index contributed by atoms with van der Waals surface area (Å²) < 4.78 is 37.6. The zero-order valence-corrected chi connectivity index (χ0v) is 25.8. The Morgan fingerprint density at radius 3 is 2.25 bits per heavy atom. The van der Waals surface area contributed by atoms with Gasteiger partial charge in [-0.3, -0.25) is 14.5 Å². The fourth-order valence-corrected chi connectivity index (χ4v) is 6.99. The van der Waals surface area contributed by atoms with Crippen LogP contribution in [0, 0.1) is 5.41 Å². The van der Waals surface area contributed by atoms with E-state index in [2.05, 4.69) is 11.8 Å². The summed E-state index contributed by atoms with van der Waals surface area (Å²) in [4.78, 5) is 39.7. The molecule has 0 spiro atoms. The topological polar surface area (TPSA) is 107 Å². The molecule has 44 heavy (non-hydrogen) atoms. The van der Waals surface area contributed by atoms with E-state index in [9.17, 15) is 27.9 Å². The molecule has 2 aromatic rings. The average Bonchev–Trinajstić information content (AvgIpc) is 3.57. The molecular formula is C31H35Cl2F3N2O6. The number of rotatable bonds is 8. The lowest BCUT2D eigenvalue weighted by atomic mass is 9.67. The van der Waals surface area contributed by atoms with Crippen LogP contribution in [0.4, 0.5) is 13.2 Å². The summed E-state index contributed by atoms with van der Waals surface area (Å²) in [6.45, 7) is 6.27. The van der Waals surface area contributed by atoms with E-state index < -0.39 is 23.5 Å². The maximum absolute atomic E-state index is 14.4. The number of nitrogens with zero attached hydrogens (tertiary/aromatic N) is 2. The quantitative estimate of drug-likeness (QED) is 0.337. The Bertz CT molecular complexity index is 1360. The molecule has 240 valence electrons. The second-order valence-electron chi connectivity index (χ2n) is 11.9. The summed E-state index contributed by atoms with van der Waals surface area (Å²) in [5.41, 5.74) is 0.956. The van der Waals surface area contributed by atoms with Crippen LogP contribution in [0.1, 0.15) is 62.6 Å². The Morgan fingerprint density at radius 2 is 1.75 bits per heavy atom. The normalized spacial score (nSPS) is 27.5. The zero-order valence-electron chi connectivity index (χ0n) is 24.3. The van der Waals surface area contributed by atoms with Gasteiger partial charge in [-0.05, 0) is 54.7 Å². The van der Waals surface area contributed by atoms with Gasteiger partial charge in [0, 0.05) is 41.1 Å². The molecule has 1 amide bonds. The highest BCUT2D eigenvalue weighted by molar-refractivity contribution is 6.30. The number of carbonyl (C=O) groups is 3. The number of hydrogen-bond donors (Lipinski definition) is 2. The number of piperidine rings is 1. The number of amides is 1. The molecule has 0 aliphatic carbocycles. The van der Waals surface area contributed by atoms with Crippen molar-refractivity contribution in [1.29, 1.82) is 0 Å². The number of carboxylic acid groups (broad SMARTS) is 2. The lowest BCUT2D eigenvalue weighted by Gasteiger charge is -2.52. The van der Waals surface area contributed by atoms with E-state index in [-0.39, 0.29) is 36.4 Å². The van der Waals surface area contributed by atoms with E-state index in [1.807, 2.05) is 60.4 Å². The number of hydrogen-bond acceptors (Lipinski definition) is 5. The molecule has 3 fully saturated rings. The van der Waals surface area contributed by atoms with Crippen molar-refractivity contribution < 1.29 is 42.5 Å². The van der Waals surface area contributed by atoms with E-state index >= 15 is 0 Å². The van der Waals surface area contributed by atoms with Crippen LogP contribution in [-0.4, -0.2) is 81.9 Å². The van der Waals surface area contributed by atoms with E-state index in [0.29, 0.717) is 22.5 Å². The van der Waals surface area contributed by atoms with Crippen molar-refractivity contribution in [2.45, 2.75) is 75.9 Å². The molecule has 0 saturated carbocycles. The molecule has 0 aromatic heterocycles. The molecule has 8 nitrogen and oxygen atoms in total. The Morgan fingerprint density at radius 1 is 1.09 bits per heavy atom. The minimum atomic E-state index is -5.08. The van der Waals surface area contributed by atoms with Crippen LogP contribution in [0.5, 0.6) is 0 Å². The van der Waals surface area contributed by atoms with Gasteiger partial charge >= 0.3 is 18.1 Å². The molecule has 3 saturated heterocycles. The third-order valence-corrected chi connectivity index (χ3v) is 9.19. The highest BCUT2D eigenvalue weighted by atomic mass is 35.5. The Kier molecular flexibility index (Phi) is 10.5. The molecule has 2 bridgehead atoms. The summed E-state index contributed by atoms with van der Waals surface area (Å²) in [5, 5.41) is 18.2. The fraction of sp³-hybridized carbons (Fsp3) is 0.516. The smallest absolute Gasteiger partial charge is 0.481 e. The molecule has 13 heteroatoms. The first-order valence-electron chi connectivity index (χ1n) is 14.3. The third-order valence-electron chi connectivity index (χ3n) is 8.70. The summed E-state index contributed by atoms with van der Waals surface area (Å²) in [6, 6.07) is 15.5. The maximum Gasteiger partial charge on any atom is 0.490 e. The first-order valence-corrected chi connectivity index (χ1v) is 15.1. The van der Waals surface area contributed by atoms with Gasteiger partial charge in [0.1, 0.15) is 0 Å². The monoisotopic (exact) mass is 658 g/mol. The minimum absolute atomic E-state index is 0.0809. The standard InChI is InChI=1S/C29H34Cl2N2O4.C2HF3O2/c1-3-22(15-32-16-24-12-23(32)17-37-24)33-27(18-7-9-20(30)10-8-18)25(19-5-4-6-21(31)11-19)13-29(2,28(33)36)14-26(34)35;3-2(4,5)1(6)7/h4-11,22-25,27H,3,12-17H2,1-2H3,(H,34,35);(H,6,7)/t22-,23+,24+,25+,27+,29+;/m0./s1. The van der Waals surface area contributed by atoms with Gasteiger partial charge in [0.25, 0.3) is 0 Å². The van der Waals surface area contributed by atoms with Crippen LogP contribution in [0.2, 0.25) is 10.0 Å². The largest absolute Gasteiger partial charge is 0.490 e. The second kappa shape index (κ2) is 13.6. The predicted molar refractivity (Wildman–Crippen MR) is 158 cm³/mol. The van der Waals surface area contributed by atoms with Crippen molar-refractivity contribution >= 4 is 41.0 Å². The van der Waals surface area contributed by atoms with Crippen molar-refractivity contribution in [2.24, 2.45) is 5.41 Å². The lowest BCUT2D eigenvalue weighted by molar-refractivity contribution is -0.192. The average molecular weight is 660 g/mol. The van der Waals surface area contributed by atoms with E-state index in [0.717, 1.165) is 43.7 Å². The van der Waals surface area contributed by atoms with Crippen LogP contribution in [-0.2, 0) is 19.1 Å². The van der Waals surface area contributed by atoms with Crippen LogP contribution in [0.15, 0.2) is 48.5 Å². The molecule has 6 atom stereocenters. The van der Waals surface area contributed by atoms with Gasteiger partial charge in [-0.2, -0.15) is 13.2 Å². The third kappa shape index (κ3) is 7.67. The highest BCUT2D eigenvalue weighted by Crippen LogP contribution is 2.52. The van der Waals surface area contributed by atoms with Crippen LogP contribution >= 0.6 is 23.2 Å². The highest BCUT2D eigenvalue weighted by Gasteiger charge is 2.53. The number of aliphatic carboxylic acids is 2. The number of carboxylic acids is 2. The van der Waals surface area contributed by atoms with Gasteiger partial charge in [0.05, 0.1) is 30.6 Å². The van der Waals surface area contributed by atoms with Crippen molar-refractivity contribution in [2.75, 3.05) is 19.7 Å². The van der Waals surface area contributed by atoms with Crippen molar-refractivity contribution in [1.82, 2.24) is 9.80 Å². The minimum Gasteiger partial charge on any atom is -0.481 e. The van der Waals surface area contributed by atoms with Crippen molar-refractivity contribution in [3.63, 3.8) is 0 Å². The maximum atomic E-state index is 14.4. The summed E-state index contributed by atoms with van der Waals surface area (Å²) in [7, 11) is 0. The SMILES string of the molecule is CC[C@@H](CN1C[C@H]2C[C@@H]1CO2)N1C(=O)[C@@](C)(CC(=O)O)C[C@H](c2cccc(Cl)c2)[C@H]1c1ccc(Cl)cc1.O=C(O)C(F)(F)F. The predicted octanol–water partition coefficient (Wildman–Crippen LogP) is 6.42. The number of carbonyl (C=O) groups excluding carboxylic acids is 1. The van der Waals surface area contributed by atoms with Crippen LogP contribution < -0.4 is 0 Å². The van der Waals surface area contributed by atoms with E-state index in [4.69, 9.17) is 37.8 Å². The van der Waals surface area contributed by atoms with Crippen molar-refractivity contribution in [3.05, 3.63) is 69.7 Å². The number of fused-ring (bicyclic) bond motifs is 2. The number of morpholine rings is 1. The zero-order chi connectivity index (χ0) is 32.4.